The van der Waals surface area contributed by atoms with E-state index in [0.717, 1.165) is 18.7 Å². The number of nitrogens with zero attached hydrogens (tertiary/aromatic N) is 4. The van der Waals surface area contributed by atoms with E-state index in [1.807, 2.05) is 10.6 Å². The number of hydrogen-bond donors (Lipinski definition) is 1. The van der Waals surface area contributed by atoms with Gasteiger partial charge in [0, 0.05) is 12.4 Å². The van der Waals surface area contributed by atoms with Gasteiger partial charge in [0.15, 0.2) is 5.82 Å². The lowest BCUT2D eigenvalue weighted by atomic mass is 10.1. The van der Waals surface area contributed by atoms with Crippen molar-refractivity contribution in [2.24, 2.45) is 5.73 Å². The Labute approximate surface area is 93.7 Å². The molecule has 0 amide bonds. The Kier molecular flexibility index (Phi) is 1.83. The van der Waals surface area contributed by atoms with Crippen molar-refractivity contribution in [3.05, 3.63) is 23.8 Å². The average Bonchev–Trinajstić information content (AvgIpc) is 2.86. The first kappa shape index (κ1) is 9.72. The summed E-state index contributed by atoms with van der Waals surface area (Å²) in [4.78, 5) is 4.30. The molecule has 2 aromatic rings. The second-order valence-electron chi connectivity index (χ2n) is 4.89. The summed E-state index contributed by atoms with van der Waals surface area (Å²) < 4.78 is 1.93. The Bertz CT molecular complexity index is 538. The van der Waals surface area contributed by atoms with Crippen LogP contribution >= 0.6 is 0 Å². The maximum Gasteiger partial charge on any atom is 0.255 e. The van der Waals surface area contributed by atoms with Gasteiger partial charge in [0.25, 0.3) is 5.78 Å². The van der Waals surface area contributed by atoms with E-state index in [0.29, 0.717) is 11.7 Å². The fourth-order valence-corrected chi connectivity index (χ4v) is 1.80. The predicted octanol–water partition coefficient (Wildman–Crippen LogP) is 1.20. The van der Waals surface area contributed by atoms with E-state index in [-0.39, 0.29) is 5.54 Å². The van der Waals surface area contributed by atoms with Crippen LogP contribution in [0.2, 0.25) is 0 Å². The lowest BCUT2D eigenvalue weighted by Gasteiger charge is -2.08. The van der Waals surface area contributed by atoms with Gasteiger partial charge in [-0.05, 0) is 24.3 Å². The molecular weight excluding hydrogens is 202 g/mol. The van der Waals surface area contributed by atoms with Crippen molar-refractivity contribution in [1.82, 2.24) is 19.6 Å². The van der Waals surface area contributed by atoms with Gasteiger partial charge in [-0.3, -0.25) is 4.40 Å². The van der Waals surface area contributed by atoms with Gasteiger partial charge in [-0.15, -0.1) is 10.2 Å². The summed E-state index contributed by atoms with van der Waals surface area (Å²) in [6.45, 7) is 4.28. The lowest BCUT2D eigenvalue weighted by Crippen LogP contribution is -2.22. The number of nitrogens with two attached hydrogens (primary N) is 1. The molecule has 5 nitrogen and oxygen atoms in total. The SMILES string of the molecule is CC(C)c1cnc2nnc(C3(N)CC3)n2c1. The highest BCUT2D eigenvalue weighted by atomic mass is 15.3. The first-order chi connectivity index (χ1) is 7.60. The number of fused-ring (bicyclic) bond motifs is 1. The molecule has 0 aliphatic heterocycles. The standard InChI is InChI=1S/C11H15N5/c1-7(2)8-5-13-10-15-14-9(16(10)6-8)11(12)3-4-11/h5-7H,3-4,12H2,1-2H3. The third kappa shape index (κ3) is 1.31. The summed E-state index contributed by atoms with van der Waals surface area (Å²) in [5, 5.41) is 8.20. The van der Waals surface area contributed by atoms with Crippen LogP contribution in [0.5, 0.6) is 0 Å². The van der Waals surface area contributed by atoms with Crippen LogP contribution in [-0.2, 0) is 5.54 Å². The third-order valence-corrected chi connectivity index (χ3v) is 3.19. The van der Waals surface area contributed by atoms with Crippen LogP contribution in [0.3, 0.4) is 0 Å². The first-order valence-electron chi connectivity index (χ1n) is 5.60. The number of aromatic nitrogens is 4. The van der Waals surface area contributed by atoms with Gasteiger partial charge in [-0.1, -0.05) is 13.8 Å². The molecule has 1 aliphatic carbocycles. The van der Waals surface area contributed by atoms with E-state index in [1.54, 1.807) is 0 Å². The molecule has 1 fully saturated rings. The van der Waals surface area contributed by atoms with Gasteiger partial charge in [-0.25, -0.2) is 4.98 Å². The summed E-state index contributed by atoms with van der Waals surface area (Å²) in [7, 11) is 0. The van der Waals surface area contributed by atoms with E-state index < -0.39 is 0 Å². The molecule has 0 bridgehead atoms. The monoisotopic (exact) mass is 217 g/mol. The topological polar surface area (TPSA) is 69.1 Å². The minimum Gasteiger partial charge on any atom is -0.319 e. The van der Waals surface area contributed by atoms with Gasteiger partial charge in [0.1, 0.15) is 0 Å². The molecule has 0 spiro atoms. The Morgan fingerprint density at radius 3 is 2.75 bits per heavy atom. The Balaban J connectivity index is 2.19. The van der Waals surface area contributed by atoms with Gasteiger partial charge in [0.05, 0.1) is 5.54 Å². The lowest BCUT2D eigenvalue weighted by molar-refractivity contribution is 0.658. The Hall–Kier alpha value is -1.49. The molecule has 84 valence electrons. The highest BCUT2D eigenvalue weighted by molar-refractivity contribution is 5.33. The fraction of sp³-hybridized carbons (Fsp3) is 0.545. The van der Waals surface area contributed by atoms with Crippen LogP contribution in [0.25, 0.3) is 5.78 Å². The van der Waals surface area contributed by atoms with Crippen LogP contribution in [0.1, 0.15) is 44.0 Å². The molecule has 1 aliphatic rings. The summed E-state index contributed by atoms with van der Waals surface area (Å²) >= 11 is 0. The zero-order chi connectivity index (χ0) is 11.3. The normalized spacial score (nSPS) is 18.2. The minimum atomic E-state index is -0.267. The zero-order valence-corrected chi connectivity index (χ0v) is 9.51. The smallest absolute Gasteiger partial charge is 0.255 e. The van der Waals surface area contributed by atoms with E-state index in [4.69, 9.17) is 5.73 Å². The molecule has 5 heteroatoms. The van der Waals surface area contributed by atoms with Crippen LogP contribution < -0.4 is 5.73 Å². The third-order valence-electron chi connectivity index (χ3n) is 3.19. The second-order valence-corrected chi connectivity index (χ2v) is 4.89. The molecule has 0 radical (unpaired) electrons. The Morgan fingerprint density at radius 1 is 1.38 bits per heavy atom. The highest BCUT2D eigenvalue weighted by Gasteiger charge is 2.44. The maximum atomic E-state index is 6.15. The summed E-state index contributed by atoms with van der Waals surface area (Å²) in [5.41, 5.74) is 7.06. The van der Waals surface area contributed by atoms with E-state index in [9.17, 15) is 0 Å². The molecule has 0 atom stereocenters. The predicted molar refractivity (Wildman–Crippen MR) is 60.0 cm³/mol. The molecule has 0 aromatic carbocycles. The van der Waals surface area contributed by atoms with Crippen molar-refractivity contribution < 1.29 is 0 Å². The van der Waals surface area contributed by atoms with Crippen molar-refractivity contribution in [2.75, 3.05) is 0 Å². The summed E-state index contributed by atoms with van der Waals surface area (Å²) in [5.74, 6) is 1.92. The van der Waals surface area contributed by atoms with Crippen molar-refractivity contribution in [1.29, 1.82) is 0 Å². The quantitative estimate of drug-likeness (QED) is 0.820. The zero-order valence-electron chi connectivity index (χ0n) is 9.51. The van der Waals surface area contributed by atoms with E-state index in [1.165, 1.54) is 5.56 Å². The number of hydrogen-bond acceptors (Lipinski definition) is 4. The molecule has 2 N–H and O–H groups in total. The van der Waals surface area contributed by atoms with Crippen LogP contribution in [-0.4, -0.2) is 19.6 Å². The molecule has 2 heterocycles. The van der Waals surface area contributed by atoms with E-state index >= 15 is 0 Å². The molecular formula is C11H15N5. The van der Waals surface area contributed by atoms with Crippen LogP contribution in [0.15, 0.2) is 12.4 Å². The van der Waals surface area contributed by atoms with Crippen molar-refractivity contribution in [3.8, 4) is 0 Å². The second kappa shape index (κ2) is 3.01. The van der Waals surface area contributed by atoms with Crippen LogP contribution in [0, 0.1) is 0 Å². The average molecular weight is 217 g/mol. The van der Waals surface area contributed by atoms with Gasteiger partial charge in [0.2, 0.25) is 0 Å². The molecule has 3 rings (SSSR count). The highest BCUT2D eigenvalue weighted by Crippen LogP contribution is 2.41. The van der Waals surface area contributed by atoms with Gasteiger partial charge in [-0.2, -0.15) is 0 Å². The largest absolute Gasteiger partial charge is 0.319 e. The number of rotatable bonds is 2. The van der Waals surface area contributed by atoms with Gasteiger partial charge < -0.3 is 5.73 Å². The minimum absolute atomic E-state index is 0.267. The fourth-order valence-electron chi connectivity index (χ4n) is 1.80. The molecule has 0 saturated heterocycles. The van der Waals surface area contributed by atoms with Crippen molar-refractivity contribution >= 4 is 5.78 Å². The maximum absolute atomic E-state index is 6.15. The van der Waals surface area contributed by atoms with Crippen LogP contribution in [0.4, 0.5) is 0 Å². The molecule has 0 unspecified atom stereocenters. The summed E-state index contributed by atoms with van der Waals surface area (Å²) in [6, 6.07) is 0. The molecule has 1 saturated carbocycles. The first-order valence-corrected chi connectivity index (χ1v) is 5.60. The van der Waals surface area contributed by atoms with Crippen molar-refractivity contribution in [3.63, 3.8) is 0 Å². The molecule has 16 heavy (non-hydrogen) atoms. The summed E-state index contributed by atoms with van der Waals surface area (Å²) in [6.07, 6.45) is 5.88. The van der Waals surface area contributed by atoms with Crippen molar-refractivity contribution in [2.45, 2.75) is 38.1 Å². The van der Waals surface area contributed by atoms with E-state index in [2.05, 4.69) is 35.2 Å². The van der Waals surface area contributed by atoms with Gasteiger partial charge >= 0.3 is 0 Å². The molecule has 2 aromatic heterocycles. The Morgan fingerprint density at radius 2 is 2.12 bits per heavy atom.